The molecule has 0 saturated heterocycles. The van der Waals surface area contributed by atoms with Crippen molar-refractivity contribution in [1.29, 1.82) is 0 Å². The first-order valence-corrected chi connectivity index (χ1v) is 7.66. The van der Waals surface area contributed by atoms with E-state index in [0.717, 1.165) is 25.7 Å². The number of para-hydroxylation sites is 1. The maximum Gasteiger partial charge on any atom is 0.258 e. The monoisotopic (exact) mass is 269 g/mol. The van der Waals surface area contributed by atoms with Gasteiger partial charge < -0.3 is 9.36 Å². The van der Waals surface area contributed by atoms with Crippen molar-refractivity contribution < 1.29 is 13.9 Å². The van der Waals surface area contributed by atoms with E-state index in [2.05, 4.69) is 5.48 Å². The Morgan fingerprint density at radius 1 is 1.17 bits per heavy atom. The zero-order chi connectivity index (χ0) is 12.8. The molecule has 0 radical (unpaired) electrons. The molecule has 1 fully saturated rings. The third-order valence-electron chi connectivity index (χ3n) is 3.35. The van der Waals surface area contributed by atoms with E-state index >= 15 is 0 Å². The Kier molecular flexibility index (Phi) is 4.81. The molecule has 0 bridgehead atoms. The molecule has 18 heavy (non-hydrogen) atoms. The van der Waals surface area contributed by atoms with Gasteiger partial charge in [-0.15, -0.1) is 0 Å². The lowest BCUT2D eigenvalue weighted by Gasteiger charge is -2.35. The van der Waals surface area contributed by atoms with E-state index in [4.69, 9.17) is 9.36 Å². The fourth-order valence-corrected chi connectivity index (χ4v) is 3.88. The van der Waals surface area contributed by atoms with Crippen LogP contribution in [-0.4, -0.2) is 12.4 Å². The molecule has 1 aromatic rings. The standard InChI is InChI=1S/C13H20NO3P/c1-16-14-13(10-6-3-7-11-13)18(15)17-12-8-4-2-5-9-12/h2,4-5,8-9,14,18H,3,6-7,10-11H2,1H3. The van der Waals surface area contributed by atoms with Crippen LogP contribution in [0.15, 0.2) is 30.3 Å². The summed E-state index contributed by atoms with van der Waals surface area (Å²) in [7, 11) is -0.687. The molecule has 0 heterocycles. The van der Waals surface area contributed by atoms with Gasteiger partial charge in [0, 0.05) is 0 Å². The molecular weight excluding hydrogens is 249 g/mol. The second-order valence-electron chi connectivity index (χ2n) is 4.65. The smallest absolute Gasteiger partial charge is 0.258 e. The van der Waals surface area contributed by atoms with E-state index in [0.29, 0.717) is 5.75 Å². The highest BCUT2D eigenvalue weighted by Gasteiger charge is 2.39. The molecule has 4 nitrogen and oxygen atoms in total. The molecule has 5 heteroatoms. The highest BCUT2D eigenvalue weighted by Crippen LogP contribution is 2.47. The summed E-state index contributed by atoms with van der Waals surface area (Å²) < 4.78 is 18.1. The van der Waals surface area contributed by atoms with Gasteiger partial charge in [0.1, 0.15) is 11.0 Å². The van der Waals surface area contributed by atoms with E-state index < -0.39 is 13.3 Å². The van der Waals surface area contributed by atoms with Crippen molar-refractivity contribution in [2.24, 2.45) is 0 Å². The maximum atomic E-state index is 12.5. The summed E-state index contributed by atoms with van der Waals surface area (Å²) in [6.45, 7) is 0. The van der Waals surface area contributed by atoms with Crippen LogP contribution >= 0.6 is 8.03 Å². The number of rotatable bonds is 5. The second kappa shape index (κ2) is 6.37. The first-order valence-electron chi connectivity index (χ1n) is 6.34. The molecule has 1 aromatic carbocycles. The summed E-state index contributed by atoms with van der Waals surface area (Å²) in [5.74, 6) is 0.657. The van der Waals surface area contributed by atoms with Crippen LogP contribution in [-0.2, 0) is 9.40 Å². The Morgan fingerprint density at radius 3 is 2.44 bits per heavy atom. The van der Waals surface area contributed by atoms with E-state index in [-0.39, 0.29) is 0 Å². The predicted octanol–water partition coefficient (Wildman–Crippen LogP) is 3.35. The van der Waals surface area contributed by atoms with Gasteiger partial charge >= 0.3 is 0 Å². The third-order valence-corrected chi connectivity index (χ3v) is 5.15. The number of hydrogen-bond acceptors (Lipinski definition) is 4. The van der Waals surface area contributed by atoms with Crippen molar-refractivity contribution in [3.8, 4) is 5.75 Å². The molecule has 0 aliphatic heterocycles. The molecular formula is C13H20NO3P. The molecule has 0 aromatic heterocycles. The van der Waals surface area contributed by atoms with E-state index in [9.17, 15) is 4.57 Å². The molecule has 1 aliphatic carbocycles. The van der Waals surface area contributed by atoms with Gasteiger partial charge in [-0.05, 0) is 25.0 Å². The fourth-order valence-electron chi connectivity index (χ4n) is 2.39. The van der Waals surface area contributed by atoms with Gasteiger partial charge in [-0.3, -0.25) is 4.57 Å². The Labute approximate surface area is 109 Å². The normalized spacial score (nSPS) is 20.3. The van der Waals surface area contributed by atoms with Crippen LogP contribution < -0.4 is 10.0 Å². The topological polar surface area (TPSA) is 47.6 Å². The second-order valence-corrected chi connectivity index (χ2v) is 6.39. The van der Waals surface area contributed by atoms with Crippen molar-refractivity contribution in [2.75, 3.05) is 7.11 Å². The lowest BCUT2D eigenvalue weighted by Crippen LogP contribution is -2.43. The fraction of sp³-hybridized carbons (Fsp3) is 0.538. The molecule has 1 aliphatic rings. The van der Waals surface area contributed by atoms with Crippen LogP contribution in [0.4, 0.5) is 0 Å². The van der Waals surface area contributed by atoms with Crippen LogP contribution in [0.1, 0.15) is 32.1 Å². The quantitative estimate of drug-likeness (QED) is 0.657. The highest BCUT2D eigenvalue weighted by atomic mass is 31.1. The molecule has 1 atom stereocenters. The summed E-state index contributed by atoms with van der Waals surface area (Å²) in [4.78, 5) is 5.04. The van der Waals surface area contributed by atoms with Crippen molar-refractivity contribution in [2.45, 2.75) is 37.4 Å². The third kappa shape index (κ3) is 3.14. The Morgan fingerprint density at radius 2 is 1.83 bits per heavy atom. The average molecular weight is 269 g/mol. The van der Waals surface area contributed by atoms with Crippen molar-refractivity contribution >= 4 is 8.03 Å². The molecule has 2 rings (SSSR count). The SMILES string of the molecule is CONC1([PH](=O)Oc2ccccc2)CCCCC1. The van der Waals surface area contributed by atoms with Gasteiger partial charge in [-0.2, -0.15) is 5.48 Å². The van der Waals surface area contributed by atoms with Crippen molar-refractivity contribution in [1.82, 2.24) is 5.48 Å². The maximum absolute atomic E-state index is 12.5. The molecule has 1 saturated carbocycles. The Bertz CT molecular complexity index is 385. The molecule has 1 N–H and O–H groups in total. The zero-order valence-corrected chi connectivity index (χ0v) is 11.6. The molecule has 1 unspecified atom stereocenters. The van der Waals surface area contributed by atoms with Crippen molar-refractivity contribution in [3.05, 3.63) is 30.3 Å². The number of nitrogens with one attached hydrogen (secondary N) is 1. The van der Waals surface area contributed by atoms with Gasteiger partial charge in [0.25, 0.3) is 8.03 Å². The minimum absolute atomic E-state index is 0.506. The largest absolute Gasteiger partial charge is 0.443 e. The van der Waals surface area contributed by atoms with Crippen LogP contribution in [0.2, 0.25) is 0 Å². The lowest BCUT2D eigenvalue weighted by atomic mass is 9.95. The molecule has 0 amide bonds. The summed E-state index contributed by atoms with van der Waals surface area (Å²) in [6, 6.07) is 9.31. The van der Waals surface area contributed by atoms with Gasteiger partial charge in [0.15, 0.2) is 0 Å². The average Bonchev–Trinajstić information content (AvgIpc) is 2.41. The van der Waals surface area contributed by atoms with Gasteiger partial charge in [0.2, 0.25) is 0 Å². The highest BCUT2D eigenvalue weighted by molar-refractivity contribution is 7.41. The van der Waals surface area contributed by atoms with Crippen LogP contribution in [0, 0.1) is 0 Å². The Balaban J connectivity index is 2.08. The van der Waals surface area contributed by atoms with Crippen LogP contribution in [0.5, 0.6) is 5.75 Å². The summed E-state index contributed by atoms with van der Waals surface area (Å²) >= 11 is 0. The van der Waals surface area contributed by atoms with Crippen LogP contribution in [0.3, 0.4) is 0 Å². The number of hydrogen-bond donors (Lipinski definition) is 1. The zero-order valence-electron chi connectivity index (χ0n) is 10.6. The van der Waals surface area contributed by atoms with Gasteiger partial charge in [0.05, 0.1) is 7.11 Å². The van der Waals surface area contributed by atoms with Gasteiger partial charge in [-0.25, -0.2) is 0 Å². The summed E-state index contributed by atoms with van der Waals surface area (Å²) in [5, 5.41) is -0.506. The summed E-state index contributed by atoms with van der Waals surface area (Å²) in [6.07, 6.45) is 4.99. The van der Waals surface area contributed by atoms with Crippen molar-refractivity contribution in [3.63, 3.8) is 0 Å². The predicted molar refractivity (Wildman–Crippen MR) is 72.0 cm³/mol. The van der Waals surface area contributed by atoms with E-state index in [1.54, 1.807) is 7.11 Å². The first kappa shape index (κ1) is 13.6. The van der Waals surface area contributed by atoms with E-state index in [1.807, 2.05) is 30.3 Å². The minimum Gasteiger partial charge on any atom is -0.443 e. The minimum atomic E-state index is -2.25. The lowest BCUT2D eigenvalue weighted by molar-refractivity contribution is 0.0285. The van der Waals surface area contributed by atoms with Gasteiger partial charge in [-0.1, -0.05) is 37.5 Å². The number of hydroxylamine groups is 1. The Hall–Kier alpha value is -0.830. The van der Waals surface area contributed by atoms with E-state index in [1.165, 1.54) is 6.42 Å². The molecule has 100 valence electrons. The summed E-state index contributed by atoms with van der Waals surface area (Å²) in [5.41, 5.74) is 2.93. The first-order chi connectivity index (χ1) is 8.77. The van der Waals surface area contributed by atoms with Crippen LogP contribution in [0.25, 0.3) is 0 Å². The molecule has 0 spiro atoms. The number of benzene rings is 1.